The first-order valence-electron chi connectivity index (χ1n) is 11.7. The van der Waals surface area contributed by atoms with Crippen LogP contribution in [0.2, 0.25) is 0 Å². The van der Waals surface area contributed by atoms with Gasteiger partial charge in [0.2, 0.25) is 17.7 Å². The zero-order valence-corrected chi connectivity index (χ0v) is 19.0. The average molecular weight is 442 g/mol. The van der Waals surface area contributed by atoms with Crippen LogP contribution in [0.5, 0.6) is 0 Å². The summed E-state index contributed by atoms with van der Waals surface area (Å²) in [4.78, 5) is 41.3. The number of rotatable bonds is 10. The molecule has 1 aliphatic carbocycles. The number of carbonyl (C=O) groups excluding carboxylic acids is 3. The lowest BCUT2D eigenvalue weighted by Crippen LogP contribution is -2.47. The third-order valence-corrected chi connectivity index (χ3v) is 6.77. The molecule has 3 rings (SSSR count). The van der Waals surface area contributed by atoms with Crippen molar-refractivity contribution in [2.75, 3.05) is 20.2 Å². The molecule has 0 bridgehead atoms. The van der Waals surface area contributed by atoms with E-state index < -0.39 is 17.9 Å². The van der Waals surface area contributed by atoms with E-state index in [0.717, 1.165) is 18.4 Å². The number of carbonyl (C=O) groups is 3. The molecule has 1 aliphatic heterocycles. The van der Waals surface area contributed by atoms with Crippen LogP contribution in [0.3, 0.4) is 0 Å². The summed E-state index contributed by atoms with van der Waals surface area (Å²) in [6.45, 7) is 2.96. The van der Waals surface area contributed by atoms with Gasteiger partial charge in [0, 0.05) is 32.7 Å². The summed E-state index contributed by atoms with van der Waals surface area (Å²) in [5.74, 6) is -1.81. The van der Waals surface area contributed by atoms with Gasteiger partial charge in [0.15, 0.2) is 0 Å². The molecule has 7 nitrogen and oxygen atoms in total. The fourth-order valence-corrected chi connectivity index (χ4v) is 5.11. The van der Waals surface area contributed by atoms with Crippen LogP contribution in [-0.4, -0.2) is 54.0 Å². The normalized spacial score (nSPS) is 26.7. The Morgan fingerprint density at radius 2 is 1.81 bits per heavy atom. The van der Waals surface area contributed by atoms with E-state index in [0.29, 0.717) is 25.9 Å². The molecule has 1 aromatic carbocycles. The topological polar surface area (TPSA) is 98.7 Å². The maximum atomic E-state index is 13.6. The number of hydrogen-bond donors (Lipinski definition) is 3. The van der Waals surface area contributed by atoms with Gasteiger partial charge in [0.05, 0.1) is 11.8 Å². The van der Waals surface area contributed by atoms with Gasteiger partial charge in [-0.15, -0.1) is 0 Å². The van der Waals surface area contributed by atoms with Gasteiger partial charge >= 0.3 is 0 Å². The fraction of sp³-hybridized carbons (Fsp3) is 0.560. The molecular weight excluding hydrogens is 406 g/mol. The van der Waals surface area contributed by atoms with Gasteiger partial charge in [-0.25, -0.2) is 0 Å². The summed E-state index contributed by atoms with van der Waals surface area (Å²) in [6.07, 6.45) is 6.91. The number of likely N-dealkylation sites (tertiary alicyclic amines) is 1. The van der Waals surface area contributed by atoms with Crippen molar-refractivity contribution < 1.29 is 19.5 Å². The van der Waals surface area contributed by atoms with E-state index in [-0.39, 0.29) is 36.2 Å². The van der Waals surface area contributed by atoms with Crippen LogP contribution < -0.4 is 10.6 Å². The first-order chi connectivity index (χ1) is 15.5. The van der Waals surface area contributed by atoms with Crippen LogP contribution in [0, 0.1) is 23.7 Å². The van der Waals surface area contributed by atoms with Gasteiger partial charge in [-0.3, -0.25) is 14.4 Å². The highest BCUT2D eigenvalue weighted by atomic mass is 16.3. The minimum Gasteiger partial charge on any atom is -0.396 e. The van der Waals surface area contributed by atoms with Gasteiger partial charge in [0.1, 0.15) is 6.04 Å². The minimum absolute atomic E-state index is 0.0254. The molecule has 0 unspecified atom stereocenters. The quantitative estimate of drug-likeness (QED) is 0.381. The van der Waals surface area contributed by atoms with E-state index in [9.17, 15) is 14.4 Å². The second-order valence-electron chi connectivity index (χ2n) is 8.66. The molecule has 174 valence electrons. The second-order valence-corrected chi connectivity index (χ2v) is 8.66. The molecular formula is C25H35N3O4. The molecule has 1 saturated heterocycles. The van der Waals surface area contributed by atoms with Crippen molar-refractivity contribution in [2.24, 2.45) is 23.7 Å². The summed E-state index contributed by atoms with van der Waals surface area (Å²) < 4.78 is 0. The third kappa shape index (κ3) is 5.04. The zero-order valence-electron chi connectivity index (χ0n) is 19.0. The van der Waals surface area contributed by atoms with Crippen LogP contribution in [0.4, 0.5) is 0 Å². The summed E-state index contributed by atoms with van der Waals surface area (Å²) in [5.41, 5.74) is 0.990. The van der Waals surface area contributed by atoms with Crippen LogP contribution in [0.1, 0.15) is 38.2 Å². The number of aliphatic hydroxyl groups is 1. The minimum atomic E-state index is -0.633. The zero-order chi connectivity index (χ0) is 23.1. The molecule has 3 amide bonds. The second kappa shape index (κ2) is 11.3. The fourth-order valence-electron chi connectivity index (χ4n) is 5.11. The number of nitrogens with zero attached hydrogens (tertiary/aromatic N) is 1. The molecule has 0 aromatic heterocycles. The summed E-state index contributed by atoms with van der Waals surface area (Å²) in [6, 6.07) is 9.04. The Hall–Kier alpha value is -2.67. The third-order valence-electron chi connectivity index (χ3n) is 6.77. The number of benzene rings is 1. The summed E-state index contributed by atoms with van der Waals surface area (Å²) in [5, 5.41) is 14.8. The predicted molar refractivity (Wildman–Crippen MR) is 122 cm³/mol. The highest BCUT2D eigenvalue weighted by Crippen LogP contribution is 2.44. The first-order valence-corrected chi connectivity index (χ1v) is 11.7. The maximum absolute atomic E-state index is 13.6. The lowest BCUT2D eigenvalue weighted by atomic mass is 9.69. The Kier molecular flexibility index (Phi) is 8.45. The Morgan fingerprint density at radius 1 is 1.06 bits per heavy atom. The van der Waals surface area contributed by atoms with E-state index in [4.69, 9.17) is 5.11 Å². The summed E-state index contributed by atoms with van der Waals surface area (Å²) >= 11 is 0. The molecule has 1 aromatic rings. The van der Waals surface area contributed by atoms with E-state index in [2.05, 4.69) is 10.6 Å². The van der Waals surface area contributed by atoms with Crippen molar-refractivity contribution >= 4 is 17.7 Å². The molecule has 3 N–H and O–H groups in total. The van der Waals surface area contributed by atoms with E-state index >= 15 is 0 Å². The Balaban J connectivity index is 1.85. The Morgan fingerprint density at radius 3 is 2.47 bits per heavy atom. The lowest BCUT2D eigenvalue weighted by Gasteiger charge is -2.33. The number of allylic oxidation sites excluding steroid dienone is 1. The first kappa shape index (κ1) is 24.0. The standard InChI is InChI=1S/C25H35N3O4/c1-3-18-12-13-19-21(20(18)23(30)26-2)25(32)28(14-8-5-9-15-29)22(19)24(31)27-16-17-10-6-4-7-11-17/h4,6-7,10-13,18-22,29H,3,5,8-9,14-16H2,1-2H3,(H,26,30)(H,27,31)/t18-,19+,20-,21+,22+/m1/s1. The van der Waals surface area contributed by atoms with E-state index in [1.54, 1.807) is 11.9 Å². The van der Waals surface area contributed by atoms with Crippen LogP contribution in [-0.2, 0) is 20.9 Å². The van der Waals surface area contributed by atoms with Crippen LogP contribution in [0.25, 0.3) is 0 Å². The molecule has 5 atom stereocenters. The lowest BCUT2D eigenvalue weighted by molar-refractivity contribution is -0.140. The predicted octanol–water partition coefficient (Wildman–Crippen LogP) is 1.87. The molecule has 0 radical (unpaired) electrons. The van der Waals surface area contributed by atoms with E-state index in [1.807, 2.05) is 49.4 Å². The molecule has 0 saturated carbocycles. The van der Waals surface area contributed by atoms with Crippen molar-refractivity contribution in [2.45, 2.75) is 45.2 Å². The van der Waals surface area contributed by atoms with Gasteiger partial charge in [-0.1, -0.05) is 49.4 Å². The smallest absolute Gasteiger partial charge is 0.243 e. The number of amides is 3. The highest BCUT2D eigenvalue weighted by Gasteiger charge is 2.56. The summed E-state index contributed by atoms with van der Waals surface area (Å²) in [7, 11) is 1.60. The van der Waals surface area contributed by atoms with Crippen molar-refractivity contribution in [1.29, 1.82) is 0 Å². The largest absolute Gasteiger partial charge is 0.396 e. The number of nitrogens with one attached hydrogen (secondary N) is 2. The molecule has 1 heterocycles. The number of unbranched alkanes of at least 4 members (excludes halogenated alkanes) is 2. The number of fused-ring (bicyclic) bond motifs is 1. The Labute approximate surface area is 190 Å². The monoisotopic (exact) mass is 441 g/mol. The van der Waals surface area contributed by atoms with Crippen molar-refractivity contribution in [3.05, 3.63) is 48.0 Å². The molecule has 0 spiro atoms. The highest BCUT2D eigenvalue weighted by molar-refractivity contribution is 5.96. The maximum Gasteiger partial charge on any atom is 0.243 e. The van der Waals surface area contributed by atoms with Gasteiger partial charge in [-0.05, 0) is 37.2 Å². The SMILES string of the molecule is CC[C@@H]1C=C[C@H]2[C@H](C(=O)N(CCCCCO)[C@@H]2C(=O)NCc2ccccc2)[C@@H]1C(=O)NC. The molecule has 2 aliphatic rings. The molecule has 32 heavy (non-hydrogen) atoms. The van der Waals surface area contributed by atoms with Crippen LogP contribution >= 0.6 is 0 Å². The van der Waals surface area contributed by atoms with Crippen LogP contribution in [0.15, 0.2) is 42.5 Å². The van der Waals surface area contributed by atoms with Gasteiger partial charge in [0.25, 0.3) is 0 Å². The molecule has 1 fully saturated rings. The van der Waals surface area contributed by atoms with Gasteiger partial charge in [-0.2, -0.15) is 0 Å². The average Bonchev–Trinajstić information content (AvgIpc) is 3.11. The Bertz CT molecular complexity index is 826. The van der Waals surface area contributed by atoms with Crippen molar-refractivity contribution in [3.8, 4) is 0 Å². The molecule has 7 heteroatoms. The van der Waals surface area contributed by atoms with Crippen molar-refractivity contribution in [1.82, 2.24) is 15.5 Å². The van der Waals surface area contributed by atoms with Crippen molar-refractivity contribution in [3.63, 3.8) is 0 Å². The van der Waals surface area contributed by atoms with E-state index in [1.165, 1.54) is 0 Å². The number of hydrogen-bond acceptors (Lipinski definition) is 4. The number of aliphatic hydroxyl groups excluding tert-OH is 1. The van der Waals surface area contributed by atoms with Gasteiger partial charge < -0.3 is 20.6 Å².